The van der Waals surface area contributed by atoms with Crippen molar-refractivity contribution in [3.63, 3.8) is 0 Å². The monoisotopic (exact) mass is 528 g/mol. The Morgan fingerprint density at radius 1 is 0.875 bits per heavy atom. The van der Waals surface area contributed by atoms with Gasteiger partial charge in [-0.1, -0.05) is 19.3 Å². The summed E-state index contributed by atoms with van der Waals surface area (Å²) in [6.45, 7) is 1.75. The molecule has 2 fully saturated rings. The highest BCUT2D eigenvalue weighted by Gasteiger charge is 2.83. The first-order chi connectivity index (χ1) is 14.4. The van der Waals surface area contributed by atoms with Gasteiger partial charge in [0.15, 0.2) is 21.7 Å². The minimum atomic E-state index is -7.43. The Kier molecular flexibility index (Phi) is 9.77. The molecule has 0 aromatic rings. The molecule has 190 valence electrons. The number of alkyl halides is 9. The molecule has 1 aliphatic heterocycles. The van der Waals surface area contributed by atoms with Gasteiger partial charge in [0.25, 0.3) is 0 Å². The normalized spacial score (nSPS) is 20.4. The minimum absolute atomic E-state index is 0.349. The average molecular weight is 528 g/mol. The third-order valence-corrected chi connectivity index (χ3v) is 7.93. The van der Waals surface area contributed by atoms with Crippen molar-refractivity contribution in [1.29, 1.82) is 0 Å². The van der Waals surface area contributed by atoms with Crippen LogP contribution in [-0.2, 0) is 30.5 Å². The minimum Gasteiger partial charge on any atom is -0.743 e. The van der Waals surface area contributed by atoms with Crippen LogP contribution in [0.15, 0.2) is 0 Å². The Hall–Kier alpha value is -0.740. The molecule has 0 N–H and O–H groups in total. The Bertz CT molecular complexity index is 729. The highest BCUT2D eigenvalue weighted by molar-refractivity contribution is 7.97. The largest absolute Gasteiger partial charge is 0.743 e. The molecule has 2 aliphatic rings. The number of hydrogen-bond donors (Lipinski definition) is 0. The lowest BCUT2D eigenvalue weighted by Gasteiger charge is -2.34. The van der Waals surface area contributed by atoms with Gasteiger partial charge in [0.2, 0.25) is 0 Å². The number of ketones is 1. The second-order valence-electron chi connectivity index (χ2n) is 7.20. The van der Waals surface area contributed by atoms with Gasteiger partial charge in [-0.3, -0.25) is 4.79 Å². The summed E-state index contributed by atoms with van der Waals surface area (Å²) in [4.78, 5) is 12.0. The third kappa shape index (κ3) is 6.65. The summed E-state index contributed by atoms with van der Waals surface area (Å²) < 4.78 is 141. The van der Waals surface area contributed by atoms with E-state index in [1.807, 2.05) is 0 Å². The predicted molar refractivity (Wildman–Crippen MR) is 95.0 cm³/mol. The molecule has 0 atom stereocenters. The van der Waals surface area contributed by atoms with Crippen LogP contribution < -0.4 is 0 Å². The number of halogens is 9. The van der Waals surface area contributed by atoms with Crippen molar-refractivity contribution in [2.45, 2.75) is 55.4 Å². The zero-order valence-electron chi connectivity index (χ0n) is 16.4. The molecular weight excluding hydrogens is 507 g/mol. The topological polar surface area (TPSA) is 83.5 Å². The van der Waals surface area contributed by atoms with Crippen LogP contribution in [0.5, 0.6) is 0 Å². The van der Waals surface area contributed by atoms with E-state index in [0.29, 0.717) is 22.6 Å². The van der Waals surface area contributed by atoms with E-state index < -0.39 is 33.4 Å². The molecule has 1 aliphatic carbocycles. The number of carbonyl (C=O) groups excluding carboxylic acids is 1. The number of Topliss-reactive ketones (excluding diaryl/α,β-unsaturated/α-hetero) is 1. The van der Waals surface area contributed by atoms with Crippen molar-refractivity contribution in [1.82, 2.24) is 0 Å². The summed E-state index contributed by atoms with van der Waals surface area (Å²) in [6.07, 6.45) is -0.965. The van der Waals surface area contributed by atoms with Crippen LogP contribution in [0.25, 0.3) is 0 Å². The van der Waals surface area contributed by atoms with E-state index in [-0.39, 0.29) is 0 Å². The van der Waals surface area contributed by atoms with Gasteiger partial charge in [-0.2, -0.15) is 39.5 Å². The molecule has 2 rings (SSSR count). The van der Waals surface area contributed by atoms with Crippen molar-refractivity contribution < 1.29 is 62.0 Å². The maximum absolute atomic E-state index is 12.2. The Morgan fingerprint density at radius 3 is 1.75 bits per heavy atom. The van der Waals surface area contributed by atoms with Crippen LogP contribution in [0.2, 0.25) is 0 Å². The van der Waals surface area contributed by atoms with Gasteiger partial charge in [-0.05, 0) is 23.7 Å². The lowest BCUT2D eigenvalue weighted by molar-refractivity contribution is -0.382. The van der Waals surface area contributed by atoms with Crippen molar-refractivity contribution in [2.75, 3.05) is 30.5 Å². The number of rotatable bonds is 6. The Morgan fingerprint density at radius 2 is 1.34 bits per heavy atom. The molecular formula is C16H21F9O5S2. The number of ether oxygens (including phenoxy) is 1. The zero-order valence-corrected chi connectivity index (χ0v) is 18.0. The summed E-state index contributed by atoms with van der Waals surface area (Å²) >= 11 is 0. The summed E-state index contributed by atoms with van der Waals surface area (Å²) in [5.74, 6) is -10.8. The maximum Gasteiger partial charge on any atom is 0.460 e. The van der Waals surface area contributed by atoms with E-state index in [1.165, 1.54) is 19.3 Å². The molecule has 0 spiro atoms. The third-order valence-electron chi connectivity index (χ3n) is 4.87. The lowest BCUT2D eigenvalue weighted by Crippen LogP contribution is -2.63. The molecule has 0 amide bonds. The fourth-order valence-corrected chi connectivity index (χ4v) is 5.24. The molecule has 1 heterocycles. The first-order valence-corrected chi connectivity index (χ1v) is 12.4. The number of hydrogen-bond acceptors (Lipinski definition) is 5. The molecule has 0 aromatic carbocycles. The van der Waals surface area contributed by atoms with E-state index in [4.69, 9.17) is 4.74 Å². The van der Waals surface area contributed by atoms with Gasteiger partial charge in [0.1, 0.15) is 11.5 Å². The van der Waals surface area contributed by atoms with Gasteiger partial charge in [-0.25, -0.2) is 8.42 Å². The molecule has 0 radical (unpaired) electrons. The van der Waals surface area contributed by atoms with Crippen LogP contribution in [-0.4, -0.2) is 72.5 Å². The summed E-state index contributed by atoms with van der Waals surface area (Å²) in [5.41, 5.74) is 0. The summed E-state index contributed by atoms with van der Waals surface area (Å²) in [5, 5.41) is -7.11. The quantitative estimate of drug-likeness (QED) is 0.298. The van der Waals surface area contributed by atoms with E-state index in [1.54, 1.807) is 0 Å². The maximum atomic E-state index is 12.2. The van der Waals surface area contributed by atoms with Crippen LogP contribution in [0, 0.1) is 5.92 Å². The van der Waals surface area contributed by atoms with Crippen molar-refractivity contribution in [2.24, 2.45) is 5.92 Å². The van der Waals surface area contributed by atoms with Gasteiger partial charge < -0.3 is 9.29 Å². The van der Waals surface area contributed by atoms with Gasteiger partial charge >= 0.3 is 23.3 Å². The SMILES string of the molecule is O=C(C[S+]1CCOCC1)C1CCCCC1.O=S(=O)([O-])C(F)(F)C(F)(F)C(F)(F)C(F)(F)F. The second kappa shape index (κ2) is 10.7. The number of carbonyl (C=O) groups is 1. The molecule has 1 saturated carbocycles. The standard InChI is InChI=1S/C12H21O2S.C4HF9O3S/c13-12(11-4-2-1-3-5-11)10-15-8-6-14-7-9-15;5-1(6,3(9,10)11)2(7,8)4(12,13)17(14,15)16/h11H,1-10H2;(H,14,15,16)/q+1;/p-1. The highest BCUT2D eigenvalue weighted by atomic mass is 32.2. The highest BCUT2D eigenvalue weighted by Crippen LogP contribution is 2.54. The van der Waals surface area contributed by atoms with E-state index in [0.717, 1.165) is 43.3 Å². The van der Waals surface area contributed by atoms with Crippen molar-refractivity contribution in [3.05, 3.63) is 0 Å². The molecule has 1 saturated heterocycles. The van der Waals surface area contributed by atoms with Crippen LogP contribution in [0.1, 0.15) is 32.1 Å². The molecule has 16 heteroatoms. The van der Waals surface area contributed by atoms with Gasteiger partial charge in [0.05, 0.1) is 13.2 Å². The molecule has 0 aromatic heterocycles. The average Bonchev–Trinajstić information content (AvgIpc) is 2.68. The fourth-order valence-electron chi connectivity index (χ4n) is 2.96. The first kappa shape index (κ1) is 29.3. The van der Waals surface area contributed by atoms with Crippen LogP contribution in [0.3, 0.4) is 0 Å². The van der Waals surface area contributed by atoms with E-state index >= 15 is 0 Å². The summed E-state index contributed by atoms with van der Waals surface area (Å²) in [6, 6.07) is 0. The fraction of sp³-hybridized carbons (Fsp3) is 0.938. The summed E-state index contributed by atoms with van der Waals surface area (Å²) in [7, 11) is -7.07. The van der Waals surface area contributed by atoms with Crippen molar-refractivity contribution >= 4 is 26.8 Å². The molecule has 5 nitrogen and oxygen atoms in total. The second-order valence-corrected chi connectivity index (χ2v) is 10.9. The Balaban J connectivity index is 0.000000321. The van der Waals surface area contributed by atoms with Crippen LogP contribution >= 0.6 is 0 Å². The lowest BCUT2D eigenvalue weighted by atomic mass is 9.87. The van der Waals surface area contributed by atoms with E-state index in [2.05, 4.69) is 0 Å². The Labute approximate surface area is 181 Å². The smallest absolute Gasteiger partial charge is 0.460 e. The van der Waals surface area contributed by atoms with Gasteiger partial charge in [-0.15, -0.1) is 0 Å². The van der Waals surface area contributed by atoms with E-state index in [9.17, 15) is 57.3 Å². The molecule has 0 unspecified atom stereocenters. The molecule has 0 bridgehead atoms. The predicted octanol–water partition coefficient (Wildman–Crippen LogP) is 3.74. The van der Waals surface area contributed by atoms with Crippen LogP contribution in [0.4, 0.5) is 39.5 Å². The van der Waals surface area contributed by atoms with Gasteiger partial charge in [0, 0.05) is 5.92 Å². The first-order valence-electron chi connectivity index (χ1n) is 9.26. The molecule has 32 heavy (non-hydrogen) atoms. The zero-order chi connectivity index (χ0) is 25.0. The van der Waals surface area contributed by atoms with Crippen molar-refractivity contribution in [3.8, 4) is 0 Å².